The Hall–Kier alpha value is -3.40. The Morgan fingerprint density at radius 3 is 2.33 bits per heavy atom. The summed E-state index contributed by atoms with van der Waals surface area (Å²) < 4.78 is 35.1. The van der Waals surface area contributed by atoms with E-state index in [2.05, 4.69) is 15.3 Å². The van der Waals surface area contributed by atoms with E-state index in [0.717, 1.165) is 10.6 Å². The van der Waals surface area contributed by atoms with Crippen LogP contribution in [0.15, 0.2) is 59.7 Å². The first-order valence-electron chi connectivity index (χ1n) is 8.89. The third-order valence-corrected chi connectivity index (χ3v) is 5.19. The molecule has 2 aromatic carbocycles. The molecule has 160 valence electrons. The van der Waals surface area contributed by atoms with Crippen molar-refractivity contribution in [2.45, 2.75) is 13.0 Å². The van der Waals surface area contributed by atoms with E-state index in [1.807, 2.05) is 0 Å². The smallest absolute Gasteiger partial charge is 0.343 e. The summed E-state index contributed by atoms with van der Waals surface area (Å²) in [5.41, 5.74) is 3.39. The molecular weight excluding hydrogens is 410 g/mol. The van der Waals surface area contributed by atoms with Crippen molar-refractivity contribution in [2.24, 2.45) is 5.10 Å². The zero-order chi connectivity index (χ0) is 22.1. The highest BCUT2D eigenvalue weighted by molar-refractivity contribution is 7.92. The van der Waals surface area contributed by atoms with E-state index < -0.39 is 27.9 Å². The molecule has 0 heterocycles. The van der Waals surface area contributed by atoms with Crippen molar-refractivity contribution in [3.63, 3.8) is 0 Å². The van der Waals surface area contributed by atoms with Crippen LogP contribution in [-0.2, 0) is 24.3 Å². The van der Waals surface area contributed by atoms with Gasteiger partial charge in [-0.05, 0) is 48.9 Å². The Bertz CT molecular complexity index is 991. The van der Waals surface area contributed by atoms with Crippen LogP contribution in [0.1, 0.15) is 12.5 Å². The maximum Gasteiger partial charge on any atom is 0.343 e. The number of hydrazone groups is 1. The molecule has 9 nitrogen and oxygen atoms in total. The van der Waals surface area contributed by atoms with Crippen molar-refractivity contribution in [3.8, 4) is 5.75 Å². The van der Waals surface area contributed by atoms with Gasteiger partial charge in [0.05, 0.1) is 25.3 Å². The summed E-state index contributed by atoms with van der Waals surface area (Å²) in [5.74, 6) is -0.600. The molecule has 2 rings (SSSR count). The average Bonchev–Trinajstić information content (AvgIpc) is 2.72. The van der Waals surface area contributed by atoms with Gasteiger partial charge in [0.25, 0.3) is 5.91 Å². The summed E-state index contributed by atoms with van der Waals surface area (Å²) >= 11 is 0. The molecule has 0 aliphatic rings. The molecule has 2 aromatic rings. The van der Waals surface area contributed by atoms with Gasteiger partial charge in [0, 0.05) is 0 Å². The van der Waals surface area contributed by atoms with Crippen molar-refractivity contribution in [3.05, 3.63) is 60.2 Å². The topological polar surface area (TPSA) is 114 Å². The summed E-state index contributed by atoms with van der Waals surface area (Å²) in [7, 11) is -2.41. The number of anilines is 1. The van der Waals surface area contributed by atoms with Gasteiger partial charge in [0.2, 0.25) is 10.0 Å². The second-order valence-corrected chi connectivity index (χ2v) is 8.10. The van der Waals surface area contributed by atoms with Gasteiger partial charge < -0.3 is 9.47 Å². The maximum atomic E-state index is 12.4. The van der Waals surface area contributed by atoms with Crippen molar-refractivity contribution in [2.75, 3.05) is 24.3 Å². The number of benzene rings is 2. The normalized spacial score (nSPS) is 12.2. The molecule has 10 heteroatoms. The van der Waals surface area contributed by atoms with Crippen LogP contribution in [0.5, 0.6) is 5.75 Å². The molecule has 1 N–H and O–H groups in total. The van der Waals surface area contributed by atoms with Crippen LogP contribution in [0.4, 0.5) is 5.69 Å². The Kier molecular flexibility index (Phi) is 7.93. The third-order valence-electron chi connectivity index (χ3n) is 3.95. The van der Waals surface area contributed by atoms with E-state index in [-0.39, 0.29) is 6.61 Å². The van der Waals surface area contributed by atoms with E-state index in [1.165, 1.54) is 20.2 Å². The molecule has 0 spiro atoms. The largest absolute Gasteiger partial charge is 0.482 e. The fourth-order valence-electron chi connectivity index (χ4n) is 2.50. The van der Waals surface area contributed by atoms with Crippen molar-refractivity contribution < 1.29 is 27.5 Å². The number of hydrogen-bond acceptors (Lipinski definition) is 7. The number of nitrogens with one attached hydrogen (secondary N) is 1. The van der Waals surface area contributed by atoms with Crippen LogP contribution in [0.3, 0.4) is 0 Å². The molecule has 0 saturated heterocycles. The molecule has 1 unspecified atom stereocenters. The number of rotatable bonds is 9. The van der Waals surface area contributed by atoms with Gasteiger partial charge in [0.15, 0.2) is 6.61 Å². The highest BCUT2D eigenvalue weighted by Crippen LogP contribution is 2.20. The van der Waals surface area contributed by atoms with Gasteiger partial charge in [-0.2, -0.15) is 5.10 Å². The molecule has 0 bridgehead atoms. The van der Waals surface area contributed by atoms with Gasteiger partial charge in [-0.1, -0.05) is 18.2 Å². The van der Waals surface area contributed by atoms with Gasteiger partial charge in [-0.15, -0.1) is 0 Å². The fraction of sp³-hybridized carbons (Fsp3) is 0.250. The average molecular weight is 433 g/mol. The Labute approximate surface area is 175 Å². The minimum Gasteiger partial charge on any atom is -0.482 e. The van der Waals surface area contributed by atoms with Crippen molar-refractivity contribution in [1.29, 1.82) is 0 Å². The number of ether oxygens (including phenoxy) is 2. The highest BCUT2D eigenvalue weighted by atomic mass is 32.2. The lowest BCUT2D eigenvalue weighted by Gasteiger charge is -2.27. The van der Waals surface area contributed by atoms with Gasteiger partial charge in [-0.25, -0.2) is 18.6 Å². The maximum absolute atomic E-state index is 12.4. The number of hydrogen-bond donors (Lipinski definition) is 1. The number of methoxy groups -OCH3 is 1. The number of carbonyl (C=O) groups excluding carboxylic acids is 2. The second kappa shape index (κ2) is 10.4. The lowest BCUT2D eigenvalue weighted by Crippen LogP contribution is -2.46. The number of esters is 1. The summed E-state index contributed by atoms with van der Waals surface area (Å²) in [6, 6.07) is 14.0. The lowest BCUT2D eigenvalue weighted by atomic mass is 10.2. The monoisotopic (exact) mass is 433 g/mol. The first-order valence-corrected chi connectivity index (χ1v) is 10.7. The molecule has 0 aliphatic carbocycles. The van der Waals surface area contributed by atoms with E-state index in [4.69, 9.17) is 4.74 Å². The molecule has 0 radical (unpaired) electrons. The molecule has 0 aliphatic heterocycles. The minimum atomic E-state index is -3.68. The molecule has 0 aromatic heterocycles. The molecule has 0 saturated carbocycles. The first kappa shape index (κ1) is 22.9. The standard InChI is InChI=1S/C20H23N3O6S/c1-15(23(30(3,26)27)17-7-5-4-6-8-17)20(25)22-21-13-16-9-11-18(12-10-16)29-14-19(24)28-2/h4-13,15H,14H2,1-3H3,(H,22,25). The first-order chi connectivity index (χ1) is 14.2. The predicted molar refractivity (Wildman–Crippen MR) is 113 cm³/mol. The molecule has 1 amide bonds. The number of para-hydroxylation sites is 1. The van der Waals surface area contributed by atoms with Crippen LogP contribution in [0, 0.1) is 0 Å². The fourth-order valence-corrected chi connectivity index (χ4v) is 3.67. The summed E-state index contributed by atoms with van der Waals surface area (Å²) in [6.07, 6.45) is 2.44. The van der Waals surface area contributed by atoms with Crippen molar-refractivity contribution in [1.82, 2.24) is 5.43 Å². The molecule has 30 heavy (non-hydrogen) atoms. The summed E-state index contributed by atoms with van der Waals surface area (Å²) in [4.78, 5) is 23.5. The van der Waals surface area contributed by atoms with Gasteiger partial charge in [-0.3, -0.25) is 9.10 Å². The molecule has 1 atom stereocenters. The van der Waals surface area contributed by atoms with Crippen LogP contribution in [0.2, 0.25) is 0 Å². The van der Waals surface area contributed by atoms with Crippen LogP contribution < -0.4 is 14.5 Å². The zero-order valence-corrected chi connectivity index (χ0v) is 17.6. The number of sulfonamides is 1. The van der Waals surface area contributed by atoms with Crippen molar-refractivity contribution >= 4 is 33.8 Å². The Morgan fingerprint density at radius 2 is 1.77 bits per heavy atom. The van der Waals surface area contributed by atoms with Crippen LogP contribution in [0.25, 0.3) is 0 Å². The zero-order valence-electron chi connectivity index (χ0n) is 16.8. The lowest BCUT2D eigenvalue weighted by molar-refractivity contribution is -0.142. The Balaban J connectivity index is 2.00. The molecule has 0 fully saturated rings. The van der Waals surface area contributed by atoms with Gasteiger partial charge in [0.1, 0.15) is 11.8 Å². The number of amides is 1. The predicted octanol–water partition coefficient (Wildman–Crippen LogP) is 1.54. The minimum absolute atomic E-state index is 0.198. The van der Waals surface area contributed by atoms with Crippen LogP contribution >= 0.6 is 0 Å². The molecular formula is C20H23N3O6S. The van der Waals surface area contributed by atoms with Gasteiger partial charge >= 0.3 is 5.97 Å². The summed E-state index contributed by atoms with van der Waals surface area (Å²) in [6.45, 7) is 1.28. The van der Waals surface area contributed by atoms with E-state index in [0.29, 0.717) is 17.0 Å². The number of carbonyl (C=O) groups is 2. The van der Waals surface area contributed by atoms with E-state index in [9.17, 15) is 18.0 Å². The Morgan fingerprint density at radius 1 is 1.13 bits per heavy atom. The van der Waals surface area contributed by atoms with E-state index >= 15 is 0 Å². The highest BCUT2D eigenvalue weighted by Gasteiger charge is 2.28. The second-order valence-electron chi connectivity index (χ2n) is 6.24. The quantitative estimate of drug-likeness (QED) is 0.365. The van der Waals surface area contributed by atoms with Crippen LogP contribution in [-0.4, -0.2) is 52.5 Å². The van der Waals surface area contributed by atoms with E-state index in [1.54, 1.807) is 54.6 Å². The SMILES string of the molecule is COC(=O)COc1ccc(C=NNC(=O)C(C)N(c2ccccc2)S(C)(=O)=O)cc1. The third kappa shape index (κ3) is 6.59. The summed E-state index contributed by atoms with van der Waals surface area (Å²) in [5, 5.41) is 3.88. The number of nitrogens with zero attached hydrogens (tertiary/aromatic N) is 2.